The van der Waals surface area contributed by atoms with Gasteiger partial charge in [-0.25, -0.2) is 0 Å². The Morgan fingerprint density at radius 2 is 2.26 bits per heavy atom. The summed E-state index contributed by atoms with van der Waals surface area (Å²) < 4.78 is 13.6. The van der Waals surface area contributed by atoms with Crippen molar-refractivity contribution < 1.29 is 9.31 Å². The van der Waals surface area contributed by atoms with Crippen LogP contribution in [0.2, 0.25) is 0 Å². The molecule has 104 valence electrons. The molecule has 19 heavy (non-hydrogen) atoms. The van der Waals surface area contributed by atoms with E-state index in [1.54, 1.807) is 6.07 Å². The minimum Gasteiger partial charge on any atom is -0.381 e. The van der Waals surface area contributed by atoms with Crippen molar-refractivity contribution in [3.05, 3.63) is 34.1 Å². The van der Waals surface area contributed by atoms with Crippen LogP contribution in [0.25, 0.3) is 0 Å². The highest BCUT2D eigenvalue weighted by Crippen LogP contribution is 2.36. The van der Waals surface area contributed by atoms with Gasteiger partial charge in [0.2, 0.25) is 5.82 Å². The van der Waals surface area contributed by atoms with Crippen molar-refractivity contribution >= 4 is 23.1 Å². The Labute approximate surface area is 115 Å². The SMILES string of the molecule is CC1(C)CCSCC1Nc1ccc([N+](=O)[O-])c(F)c1. The van der Waals surface area contributed by atoms with E-state index in [9.17, 15) is 14.5 Å². The van der Waals surface area contributed by atoms with Gasteiger partial charge in [-0.15, -0.1) is 0 Å². The summed E-state index contributed by atoms with van der Waals surface area (Å²) in [6.07, 6.45) is 1.10. The average molecular weight is 284 g/mol. The summed E-state index contributed by atoms with van der Waals surface area (Å²) in [6.45, 7) is 4.37. The Hall–Kier alpha value is -1.30. The fourth-order valence-electron chi connectivity index (χ4n) is 2.12. The van der Waals surface area contributed by atoms with Crippen LogP contribution in [0, 0.1) is 21.3 Å². The van der Waals surface area contributed by atoms with E-state index < -0.39 is 16.4 Å². The van der Waals surface area contributed by atoms with Gasteiger partial charge >= 0.3 is 5.69 Å². The zero-order valence-corrected chi connectivity index (χ0v) is 11.8. The second-order valence-corrected chi connectivity index (χ2v) is 6.58. The van der Waals surface area contributed by atoms with Crippen molar-refractivity contribution in [1.29, 1.82) is 0 Å². The van der Waals surface area contributed by atoms with Crippen LogP contribution in [0.4, 0.5) is 15.8 Å². The molecule has 6 heteroatoms. The van der Waals surface area contributed by atoms with Crippen molar-refractivity contribution in [3.63, 3.8) is 0 Å². The summed E-state index contributed by atoms with van der Waals surface area (Å²) in [5, 5.41) is 13.9. The molecule has 0 spiro atoms. The van der Waals surface area contributed by atoms with Gasteiger partial charge in [-0.1, -0.05) is 13.8 Å². The number of hydrogen-bond acceptors (Lipinski definition) is 4. The normalized spacial score (nSPS) is 21.9. The van der Waals surface area contributed by atoms with Crippen LogP contribution in [-0.2, 0) is 0 Å². The van der Waals surface area contributed by atoms with Crippen LogP contribution < -0.4 is 5.32 Å². The van der Waals surface area contributed by atoms with E-state index in [0.717, 1.165) is 17.9 Å². The van der Waals surface area contributed by atoms with Crippen LogP contribution in [-0.4, -0.2) is 22.5 Å². The highest BCUT2D eigenvalue weighted by Gasteiger charge is 2.32. The number of nitrogens with one attached hydrogen (secondary N) is 1. The number of nitro groups is 1. The molecule has 0 saturated carbocycles. The molecule has 1 N–H and O–H groups in total. The molecule has 1 fully saturated rings. The van der Waals surface area contributed by atoms with Crippen molar-refractivity contribution in [1.82, 2.24) is 0 Å². The number of thioether (sulfide) groups is 1. The van der Waals surface area contributed by atoms with Gasteiger partial charge in [-0.05, 0) is 23.7 Å². The Bertz CT molecular complexity index is 494. The van der Waals surface area contributed by atoms with Gasteiger partial charge in [0.05, 0.1) is 4.92 Å². The fourth-order valence-corrected chi connectivity index (χ4v) is 3.73. The predicted octanol–water partition coefficient (Wildman–Crippen LogP) is 3.68. The van der Waals surface area contributed by atoms with E-state index in [1.807, 2.05) is 11.8 Å². The van der Waals surface area contributed by atoms with E-state index in [2.05, 4.69) is 19.2 Å². The summed E-state index contributed by atoms with van der Waals surface area (Å²) in [5.41, 5.74) is 0.259. The molecule has 1 aliphatic rings. The third-order valence-electron chi connectivity index (χ3n) is 3.60. The lowest BCUT2D eigenvalue weighted by atomic mass is 9.82. The van der Waals surface area contributed by atoms with Crippen LogP contribution >= 0.6 is 11.8 Å². The molecule has 0 radical (unpaired) electrons. The molecule has 2 rings (SSSR count). The predicted molar refractivity (Wildman–Crippen MR) is 76.2 cm³/mol. The summed E-state index contributed by atoms with van der Waals surface area (Å²) in [6, 6.07) is 4.22. The van der Waals surface area contributed by atoms with Crippen LogP contribution in [0.5, 0.6) is 0 Å². The van der Waals surface area contributed by atoms with Crippen LogP contribution in [0.3, 0.4) is 0 Å². The topological polar surface area (TPSA) is 55.2 Å². The van der Waals surface area contributed by atoms with Gasteiger partial charge in [0, 0.05) is 29.6 Å². The molecule has 1 unspecified atom stereocenters. The minimum absolute atomic E-state index is 0.142. The molecular formula is C13H17FN2O2S. The number of hydrogen-bond donors (Lipinski definition) is 1. The minimum atomic E-state index is -0.795. The molecule has 1 heterocycles. The standard InChI is InChI=1S/C13H17FN2O2S/c1-13(2)5-6-19-8-12(13)15-9-3-4-11(16(17)18)10(14)7-9/h3-4,7,12,15H,5-6,8H2,1-2H3. The number of halogens is 1. The van der Waals surface area contributed by atoms with E-state index >= 15 is 0 Å². The van der Waals surface area contributed by atoms with Gasteiger partial charge in [0.25, 0.3) is 0 Å². The van der Waals surface area contributed by atoms with Gasteiger partial charge < -0.3 is 5.32 Å². The number of nitro benzene ring substituents is 1. The highest BCUT2D eigenvalue weighted by atomic mass is 32.2. The Morgan fingerprint density at radius 1 is 1.53 bits per heavy atom. The van der Waals surface area contributed by atoms with Gasteiger partial charge in [-0.3, -0.25) is 10.1 Å². The van der Waals surface area contributed by atoms with Gasteiger partial charge in [0.1, 0.15) is 0 Å². The molecule has 1 aliphatic heterocycles. The first-order chi connectivity index (χ1) is 8.90. The first-order valence-electron chi connectivity index (χ1n) is 6.18. The lowest BCUT2D eigenvalue weighted by Gasteiger charge is -2.39. The second kappa shape index (κ2) is 5.36. The first-order valence-corrected chi connectivity index (χ1v) is 7.34. The highest BCUT2D eigenvalue weighted by molar-refractivity contribution is 7.99. The number of anilines is 1. The smallest absolute Gasteiger partial charge is 0.304 e. The number of nitrogens with zero attached hydrogens (tertiary/aromatic N) is 1. The van der Waals surface area contributed by atoms with E-state index in [0.29, 0.717) is 5.69 Å². The lowest BCUT2D eigenvalue weighted by molar-refractivity contribution is -0.387. The molecule has 1 aromatic rings. The van der Waals surface area contributed by atoms with E-state index in [1.165, 1.54) is 12.1 Å². The number of rotatable bonds is 3. The summed E-state index contributed by atoms with van der Waals surface area (Å²) >= 11 is 1.87. The van der Waals surface area contributed by atoms with E-state index in [-0.39, 0.29) is 11.5 Å². The largest absolute Gasteiger partial charge is 0.381 e. The molecule has 4 nitrogen and oxygen atoms in total. The summed E-state index contributed by atoms with van der Waals surface area (Å²) in [4.78, 5) is 9.86. The zero-order valence-electron chi connectivity index (χ0n) is 11.0. The average Bonchev–Trinajstić information content (AvgIpc) is 2.31. The molecule has 1 aromatic carbocycles. The van der Waals surface area contributed by atoms with Gasteiger partial charge in [0.15, 0.2) is 0 Å². The quantitative estimate of drug-likeness (QED) is 0.679. The Balaban J connectivity index is 2.15. The lowest BCUT2D eigenvalue weighted by Crippen LogP contribution is -2.41. The maximum Gasteiger partial charge on any atom is 0.304 e. The maximum absolute atomic E-state index is 13.6. The zero-order chi connectivity index (χ0) is 14.0. The third-order valence-corrected chi connectivity index (χ3v) is 4.67. The Kier molecular flexibility index (Phi) is 3.99. The monoisotopic (exact) mass is 284 g/mol. The van der Waals surface area contributed by atoms with Gasteiger partial charge in [-0.2, -0.15) is 16.2 Å². The van der Waals surface area contributed by atoms with Crippen molar-refractivity contribution in [2.24, 2.45) is 5.41 Å². The molecular weight excluding hydrogens is 267 g/mol. The van der Waals surface area contributed by atoms with Crippen molar-refractivity contribution in [3.8, 4) is 0 Å². The molecule has 0 amide bonds. The van der Waals surface area contributed by atoms with Crippen LogP contribution in [0.15, 0.2) is 18.2 Å². The first kappa shape index (κ1) is 14.1. The summed E-state index contributed by atoms with van der Waals surface area (Å²) in [7, 11) is 0. The second-order valence-electron chi connectivity index (χ2n) is 5.43. The van der Waals surface area contributed by atoms with E-state index in [4.69, 9.17) is 0 Å². The molecule has 0 aliphatic carbocycles. The molecule has 0 aromatic heterocycles. The van der Waals surface area contributed by atoms with Crippen molar-refractivity contribution in [2.45, 2.75) is 26.3 Å². The fraction of sp³-hybridized carbons (Fsp3) is 0.538. The maximum atomic E-state index is 13.6. The molecule has 1 atom stereocenters. The molecule has 1 saturated heterocycles. The van der Waals surface area contributed by atoms with Crippen molar-refractivity contribution in [2.75, 3.05) is 16.8 Å². The summed E-state index contributed by atoms with van der Waals surface area (Å²) in [5.74, 6) is 1.31. The number of benzene rings is 1. The van der Waals surface area contributed by atoms with Crippen LogP contribution in [0.1, 0.15) is 20.3 Å². The Morgan fingerprint density at radius 3 is 2.84 bits per heavy atom. The third kappa shape index (κ3) is 3.18. The molecule has 0 bridgehead atoms.